The zero-order valence-corrected chi connectivity index (χ0v) is 14.9. The van der Waals surface area contributed by atoms with Gasteiger partial charge in [-0.2, -0.15) is 0 Å². The van der Waals surface area contributed by atoms with Crippen LogP contribution in [0.4, 0.5) is 0 Å². The van der Waals surface area contributed by atoms with Gasteiger partial charge in [0.15, 0.2) is 0 Å². The molecule has 1 aromatic carbocycles. The number of hydrogen-bond acceptors (Lipinski definition) is 2. The van der Waals surface area contributed by atoms with Gasteiger partial charge in [-0.1, -0.05) is 50.6 Å². The molecular formula is C17H19IN2O. The smallest absolute Gasteiger partial charge is 0.251 e. The molecule has 2 aromatic rings. The van der Waals surface area contributed by atoms with E-state index in [1.54, 1.807) is 0 Å². The van der Waals surface area contributed by atoms with Crippen LogP contribution in [-0.4, -0.2) is 10.9 Å². The van der Waals surface area contributed by atoms with Crippen LogP contribution in [0.2, 0.25) is 0 Å². The molecule has 0 aliphatic carbocycles. The van der Waals surface area contributed by atoms with E-state index in [0.29, 0.717) is 9.26 Å². The molecule has 0 radical (unpaired) electrons. The van der Waals surface area contributed by atoms with E-state index in [1.165, 1.54) is 5.56 Å². The van der Waals surface area contributed by atoms with E-state index in [1.807, 2.05) is 18.2 Å². The molecule has 0 saturated heterocycles. The third kappa shape index (κ3) is 3.43. The molecule has 21 heavy (non-hydrogen) atoms. The van der Waals surface area contributed by atoms with Crippen molar-refractivity contribution in [1.29, 1.82) is 0 Å². The first-order valence-corrected chi connectivity index (χ1v) is 7.86. The summed E-state index contributed by atoms with van der Waals surface area (Å²) in [5.74, 6) is -0.424. The third-order valence-corrected chi connectivity index (χ3v) is 4.16. The Morgan fingerprint density at radius 1 is 1.19 bits per heavy atom. The van der Waals surface area contributed by atoms with Crippen LogP contribution < -0.4 is 5.73 Å². The second-order valence-corrected chi connectivity index (χ2v) is 7.22. The van der Waals surface area contributed by atoms with Crippen molar-refractivity contribution >= 4 is 28.5 Å². The first-order valence-electron chi connectivity index (χ1n) is 6.78. The van der Waals surface area contributed by atoms with Gasteiger partial charge in [-0.3, -0.25) is 4.79 Å². The summed E-state index contributed by atoms with van der Waals surface area (Å²) in [4.78, 5) is 16.3. The summed E-state index contributed by atoms with van der Waals surface area (Å²) >= 11 is 2.09. The molecule has 2 rings (SSSR count). The Morgan fingerprint density at radius 2 is 1.76 bits per heavy atom. The summed E-state index contributed by atoms with van der Waals surface area (Å²) in [6, 6.07) is 10.2. The molecule has 0 aliphatic heterocycles. The van der Waals surface area contributed by atoms with E-state index in [2.05, 4.69) is 67.4 Å². The fourth-order valence-electron chi connectivity index (χ4n) is 2.21. The van der Waals surface area contributed by atoms with E-state index in [-0.39, 0.29) is 5.41 Å². The standard InChI is InChI=1S/C17H19IN2O/c1-10-5-7-11(8-6-10)13-9-12(17(2,3)4)14(16(19)21)15(18)20-13/h5-9H,1-4H3,(H2,19,21). The SMILES string of the molecule is Cc1ccc(-c2cc(C(C)(C)C)c(C(N)=O)c(I)n2)cc1. The minimum absolute atomic E-state index is 0.174. The van der Waals surface area contributed by atoms with Gasteiger partial charge in [-0.25, -0.2) is 4.98 Å². The molecular weight excluding hydrogens is 375 g/mol. The molecule has 0 atom stereocenters. The van der Waals surface area contributed by atoms with Crippen molar-refractivity contribution in [3.05, 3.63) is 50.7 Å². The summed E-state index contributed by atoms with van der Waals surface area (Å²) in [5, 5.41) is 0. The van der Waals surface area contributed by atoms with Crippen LogP contribution in [0.1, 0.15) is 42.3 Å². The zero-order valence-electron chi connectivity index (χ0n) is 12.7. The van der Waals surface area contributed by atoms with Gasteiger partial charge in [0.2, 0.25) is 0 Å². The number of pyridine rings is 1. The van der Waals surface area contributed by atoms with E-state index in [4.69, 9.17) is 5.73 Å². The molecule has 0 spiro atoms. The molecule has 1 heterocycles. The average Bonchev–Trinajstić information content (AvgIpc) is 2.37. The zero-order chi connectivity index (χ0) is 15.8. The van der Waals surface area contributed by atoms with Gasteiger partial charge in [0.25, 0.3) is 5.91 Å². The molecule has 1 aromatic heterocycles. The predicted molar refractivity (Wildman–Crippen MR) is 94.3 cm³/mol. The molecule has 0 unspecified atom stereocenters. The Morgan fingerprint density at radius 3 is 2.24 bits per heavy atom. The minimum Gasteiger partial charge on any atom is -0.366 e. The number of primary amides is 1. The molecule has 0 saturated carbocycles. The Kier molecular flexibility index (Phi) is 4.37. The van der Waals surface area contributed by atoms with Gasteiger partial charge < -0.3 is 5.73 Å². The lowest BCUT2D eigenvalue weighted by Crippen LogP contribution is -2.23. The average molecular weight is 394 g/mol. The van der Waals surface area contributed by atoms with Crippen LogP contribution in [0, 0.1) is 10.6 Å². The fraction of sp³-hybridized carbons (Fsp3) is 0.294. The van der Waals surface area contributed by atoms with Crippen LogP contribution in [0.25, 0.3) is 11.3 Å². The molecule has 0 aliphatic rings. The Balaban J connectivity index is 2.68. The summed E-state index contributed by atoms with van der Waals surface area (Å²) in [5.41, 5.74) is 9.94. The van der Waals surface area contributed by atoms with Crippen LogP contribution in [-0.2, 0) is 5.41 Å². The van der Waals surface area contributed by atoms with E-state index in [0.717, 1.165) is 16.8 Å². The molecule has 3 nitrogen and oxygen atoms in total. The third-order valence-electron chi connectivity index (χ3n) is 3.38. The molecule has 0 bridgehead atoms. The van der Waals surface area contributed by atoms with E-state index >= 15 is 0 Å². The monoisotopic (exact) mass is 394 g/mol. The fourth-order valence-corrected chi connectivity index (χ4v) is 3.03. The lowest BCUT2D eigenvalue weighted by Gasteiger charge is -2.23. The number of nitrogens with zero attached hydrogens (tertiary/aromatic N) is 1. The number of halogens is 1. The van der Waals surface area contributed by atoms with Crippen LogP contribution >= 0.6 is 22.6 Å². The summed E-state index contributed by atoms with van der Waals surface area (Å²) in [7, 11) is 0. The maximum Gasteiger partial charge on any atom is 0.251 e. The molecule has 110 valence electrons. The van der Waals surface area contributed by atoms with Gasteiger partial charge in [0, 0.05) is 5.56 Å². The van der Waals surface area contributed by atoms with Gasteiger partial charge in [-0.15, -0.1) is 0 Å². The lowest BCUT2D eigenvalue weighted by molar-refractivity contribution is 0.0997. The van der Waals surface area contributed by atoms with Crippen molar-refractivity contribution in [3.63, 3.8) is 0 Å². The first-order chi connectivity index (χ1) is 9.70. The van der Waals surface area contributed by atoms with Crippen LogP contribution in [0.5, 0.6) is 0 Å². The van der Waals surface area contributed by atoms with Gasteiger partial charge in [0.05, 0.1) is 11.3 Å². The number of hydrogen-bond donors (Lipinski definition) is 1. The Bertz CT molecular complexity index is 685. The predicted octanol–water partition coefficient (Wildman–Crippen LogP) is 4.06. The minimum atomic E-state index is -0.424. The molecule has 0 fully saturated rings. The number of nitrogens with two attached hydrogens (primary N) is 1. The maximum atomic E-state index is 11.8. The number of aromatic nitrogens is 1. The second-order valence-electron chi connectivity index (χ2n) is 6.20. The van der Waals surface area contributed by atoms with Crippen molar-refractivity contribution in [3.8, 4) is 11.3 Å². The highest BCUT2D eigenvalue weighted by molar-refractivity contribution is 14.1. The number of aryl methyl sites for hydroxylation is 1. The van der Waals surface area contributed by atoms with Crippen molar-refractivity contribution in [2.75, 3.05) is 0 Å². The molecule has 1 amide bonds. The largest absolute Gasteiger partial charge is 0.366 e. The lowest BCUT2D eigenvalue weighted by atomic mass is 9.83. The maximum absolute atomic E-state index is 11.8. The van der Waals surface area contributed by atoms with Crippen molar-refractivity contribution in [2.45, 2.75) is 33.1 Å². The highest BCUT2D eigenvalue weighted by Gasteiger charge is 2.24. The van der Waals surface area contributed by atoms with Gasteiger partial charge in [-0.05, 0) is 46.6 Å². The Labute approximate surface area is 139 Å². The number of carbonyl (C=O) groups excluding carboxylic acids is 1. The molecule has 4 heteroatoms. The van der Waals surface area contributed by atoms with E-state index in [9.17, 15) is 4.79 Å². The Hall–Kier alpha value is -1.43. The highest BCUT2D eigenvalue weighted by Crippen LogP contribution is 2.31. The normalized spacial score (nSPS) is 11.5. The van der Waals surface area contributed by atoms with Crippen molar-refractivity contribution < 1.29 is 4.79 Å². The summed E-state index contributed by atoms with van der Waals surface area (Å²) < 4.78 is 0.656. The van der Waals surface area contributed by atoms with E-state index < -0.39 is 5.91 Å². The highest BCUT2D eigenvalue weighted by atomic mass is 127. The number of amides is 1. The molecule has 2 N–H and O–H groups in total. The van der Waals surface area contributed by atoms with Crippen molar-refractivity contribution in [2.24, 2.45) is 5.73 Å². The van der Waals surface area contributed by atoms with Crippen molar-refractivity contribution in [1.82, 2.24) is 4.98 Å². The number of carbonyl (C=O) groups is 1. The van der Waals surface area contributed by atoms with Crippen LogP contribution in [0.3, 0.4) is 0 Å². The van der Waals surface area contributed by atoms with Crippen LogP contribution in [0.15, 0.2) is 30.3 Å². The van der Waals surface area contributed by atoms with Gasteiger partial charge >= 0.3 is 0 Å². The quantitative estimate of drug-likeness (QED) is 0.617. The summed E-state index contributed by atoms with van der Waals surface area (Å²) in [6.07, 6.45) is 0. The van der Waals surface area contributed by atoms with Gasteiger partial charge in [0.1, 0.15) is 3.70 Å². The topological polar surface area (TPSA) is 56.0 Å². The second kappa shape index (κ2) is 5.75. The number of rotatable bonds is 2. The first kappa shape index (κ1) is 15.9. The number of benzene rings is 1. The summed E-state index contributed by atoms with van der Waals surface area (Å²) in [6.45, 7) is 8.27.